The van der Waals surface area contributed by atoms with Crippen LogP contribution in [0.1, 0.15) is 0 Å². The number of aromatic nitrogens is 1. The molecule has 0 saturated heterocycles. The average Bonchev–Trinajstić information content (AvgIpc) is 2.33. The quantitative estimate of drug-likeness (QED) is 0.864. The van der Waals surface area contributed by atoms with Crippen LogP contribution in [0.25, 0.3) is 0 Å². The Balaban J connectivity index is 2.25. The molecule has 0 radical (unpaired) electrons. The molecular weight excluding hydrogens is 289 g/mol. The Morgan fingerprint density at radius 2 is 2.00 bits per heavy atom. The van der Waals surface area contributed by atoms with E-state index in [9.17, 15) is 4.39 Å². The molecule has 0 N–H and O–H groups in total. The number of halogens is 2. The fourth-order valence-corrected chi connectivity index (χ4v) is 1.56. The normalized spacial score (nSPS) is 10.1. The third kappa shape index (κ3) is 2.94. The second-order valence-electron chi connectivity index (χ2n) is 3.22. The lowest BCUT2D eigenvalue weighted by Crippen LogP contribution is -1.92. The first-order chi connectivity index (χ1) is 8.19. The van der Waals surface area contributed by atoms with Gasteiger partial charge in [0.15, 0.2) is 5.82 Å². The predicted molar refractivity (Wildman–Crippen MR) is 65.0 cm³/mol. The van der Waals surface area contributed by atoms with Crippen molar-refractivity contribution < 1.29 is 13.9 Å². The second kappa shape index (κ2) is 5.14. The van der Waals surface area contributed by atoms with Crippen molar-refractivity contribution in [3.05, 3.63) is 46.8 Å². The smallest absolute Gasteiger partial charge is 0.255 e. The number of benzene rings is 1. The molecule has 3 nitrogen and oxygen atoms in total. The van der Waals surface area contributed by atoms with E-state index in [0.717, 1.165) is 0 Å². The minimum absolute atomic E-state index is 0.0681. The minimum atomic E-state index is -0.526. The molecule has 0 unspecified atom stereocenters. The van der Waals surface area contributed by atoms with Gasteiger partial charge in [-0.05, 0) is 34.1 Å². The number of ether oxygens (including phenoxy) is 2. The zero-order valence-electron chi connectivity index (χ0n) is 8.98. The zero-order valence-corrected chi connectivity index (χ0v) is 10.6. The van der Waals surface area contributed by atoms with Crippen molar-refractivity contribution in [2.45, 2.75) is 0 Å². The molecule has 0 spiro atoms. The van der Waals surface area contributed by atoms with Crippen LogP contribution in [0, 0.1) is 5.82 Å². The van der Waals surface area contributed by atoms with Crippen LogP contribution >= 0.6 is 15.9 Å². The number of nitrogens with zero attached hydrogens (tertiary/aromatic N) is 1. The van der Waals surface area contributed by atoms with Gasteiger partial charge in [-0.3, -0.25) is 0 Å². The van der Waals surface area contributed by atoms with E-state index in [1.54, 1.807) is 31.4 Å². The second-order valence-corrected chi connectivity index (χ2v) is 4.14. The summed E-state index contributed by atoms with van der Waals surface area (Å²) in [6.45, 7) is 0. The van der Waals surface area contributed by atoms with Gasteiger partial charge in [0.2, 0.25) is 0 Å². The first kappa shape index (κ1) is 11.9. The highest BCUT2D eigenvalue weighted by Gasteiger charge is 2.07. The maximum absolute atomic E-state index is 13.5. The largest absolute Gasteiger partial charge is 0.497 e. The van der Waals surface area contributed by atoms with Crippen molar-refractivity contribution in [3.8, 4) is 17.4 Å². The van der Waals surface area contributed by atoms with Gasteiger partial charge in [-0.1, -0.05) is 6.07 Å². The molecule has 2 aromatic rings. The van der Waals surface area contributed by atoms with Gasteiger partial charge >= 0.3 is 0 Å². The van der Waals surface area contributed by atoms with E-state index in [2.05, 4.69) is 20.9 Å². The molecule has 1 aromatic carbocycles. The predicted octanol–water partition coefficient (Wildman–Crippen LogP) is 3.78. The summed E-state index contributed by atoms with van der Waals surface area (Å²) in [6, 6.07) is 8.18. The molecule has 0 bridgehead atoms. The fraction of sp³-hybridized carbons (Fsp3) is 0.0833. The summed E-state index contributed by atoms with van der Waals surface area (Å²) in [4.78, 5) is 3.84. The molecule has 0 saturated carbocycles. The molecule has 0 aliphatic rings. The van der Waals surface area contributed by atoms with E-state index in [1.165, 1.54) is 12.3 Å². The third-order valence-electron chi connectivity index (χ3n) is 2.03. The van der Waals surface area contributed by atoms with Crippen molar-refractivity contribution >= 4 is 15.9 Å². The van der Waals surface area contributed by atoms with Gasteiger partial charge in [0, 0.05) is 16.7 Å². The Morgan fingerprint density at radius 1 is 1.24 bits per heavy atom. The van der Waals surface area contributed by atoms with Gasteiger partial charge in [-0.25, -0.2) is 9.37 Å². The Hall–Kier alpha value is -1.62. The molecule has 17 heavy (non-hydrogen) atoms. The van der Waals surface area contributed by atoms with Crippen LogP contribution in [0.5, 0.6) is 17.4 Å². The van der Waals surface area contributed by atoms with Crippen LogP contribution < -0.4 is 9.47 Å². The molecule has 2 rings (SSSR count). The zero-order chi connectivity index (χ0) is 12.3. The van der Waals surface area contributed by atoms with Crippen molar-refractivity contribution in [2.24, 2.45) is 0 Å². The maximum atomic E-state index is 13.5. The van der Waals surface area contributed by atoms with Gasteiger partial charge in [0.25, 0.3) is 5.88 Å². The lowest BCUT2D eigenvalue weighted by molar-refractivity contribution is 0.400. The van der Waals surface area contributed by atoms with Gasteiger partial charge in [0.1, 0.15) is 11.5 Å². The molecule has 0 aliphatic carbocycles. The summed E-state index contributed by atoms with van der Waals surface area (Å²) in [5.41, 5.74) is 0. The van der Waals surface area contributed by atoms with E-state index in [0.29, 0.717) is 16.0 Å². The van der Waals surface area contributed by atoms with Crippen molar-refractivity contribution in [1.82, 2.24) is 4.98 Å². The van der Waals surface area contributed by atoms with Crippen molar-refractivity contribution in [1.29, 1.82) is 0 Å². The molecule has 0 fully saturated rings. The van der Waals surface area contributed by atoms with E-state index in [1.807, 2.05) is 0 Å². The van der Waals surface area contributed by atoms with Crippen LogP contribution in [-0.4, -0.2) is 12.1 Å². The molecule has 1 aromatic heterocycles. The molecule has 0 amide bonds. The van der Waals surface area contributed by atoms with Crippen molar-refractivity contribution in [3.63, 3.8) is 0 Å². The van der Waals surface area contributed by atoms with E-state index in [4.69, 9.17) is 9.47 Å². The lowest BCUT2D eigenvalue weighted by atomic mass is 10.3. The summed E-state index contributed by atoms with van der Waals surface area (Å²) in [7, 11) is 1.55. The highest BCUT2D eigenvalue weighted by atomic mass is 79.9. The van der Waals surface area contributed by atoms with E-state index >= 15 is 0 Å². The maximum Gasteiger partial charge on any atom is 0.255 e. The first-order valence-corrected chi connectivity index (χ1v) is 5.61. The number of pyridine rings is 1. The summed E-state index contributed by atoms with van der Waals surface area (Å²) in [5, 5.41) is 0. The Labute approximate surface area is 106 Å². The highest BCUT2D eigenvalue weighted by molar-refractivity contribution is 9.10. The Morgan fingerprint density at radius 3 is 2.71 bits per heavy atom. The monoisotopic (exact) mass is 297 g/mol. The van der Waals surface area contributed by atoms with E-state index in [-0.39, 0.29) is 5.88 Å². The number of rotatable bonds is 3. The summed E-state index contributed by atoms with van der Waals surface area (Å²) >= 11 is 3.13. The van der Waals surface area contributed by atoms with Crippen LogP contribution in [0.15, 0.2) is 41.0 Å². The molecular formula is C12H9BrFNO2. The summed E-state index contributed by atoms with van der Waals surface area (Å²) in [5.74, 6) is 0.516. The Kier molecular flexibility index (Phi) is 3.58. The molecule has 0 aliphatic heterocycles. The SMILES string of the molecule is COc1cccc(Oc2ncc(Br)cc2F)c1. The van der Waals surface area contributed by atoms with Crippen LogP contribution in [0.4, 0.5) is 4.39 Å². The van der Waals surface area contributed by atoms with Gasteiger partial charge in [0.05, 0.1) is 7.11 Å². The average molecular weight is 298 g/mol. The molecule has 1 heterocycles. The third-order valence-corrected chi connectivity index (χ3v) is 2.46. The molecule has 0 atom stereocenters. The number of methoxy groups -OCH3 is 1. The van der Waals surface area contributed by atoms with Crippen LogP contribution in [0.3, 0.4) is 0 Å². The fourth-order valence-electron chi connectivity index (χ4n) is 1.25. The van der Waals surface area contributed by atoms with Gasteiger partial charge in [-0.15, -0.1) is 0 Å². The number of hydrogen-bond donors (Lipinski definition) is 0. The molecule has 5 heteroatoms. The number of hydrogen-bond acceptors (Lipinski definition) is 3. The lowest BCUT2D eigenvalue weighted by Gasteiger charge is -2.07. The van der Waals surface area contributed by atoms with Crippen LogP contribution in [-0.2, 0) is 0 Å². The topological polar surface area (TPSA) is 31.4 Å². The van der Waals surface area contributed by atoms with Gasteiger partial charge < -0.3 is 9.47 Å². The summed E-state index contributed by atoms with van der Waals surface area (Å²) < 4.78 is 24.4. The summed E-state index contributed by atoms with van der Waals surface area (Å²) in [6.07, 6.45) is 1.47. The highest BCUT2D eigenvalue weighted by Crippen LogP contribution is 2.26. The Bertz CT molecular complexity index is 534. The first-order valence-electron chi connectivity index (χ1n) is 4.82. The molecule has 88 valence electrons. The van der Waals surface area contributed by atoms with Gasteiger partial charge in [-0.2, -0.15) is 0 Å². The van der Waals surface area contributed by atoms with Crippen LogP contribution in [0.2, 0.25) is 0 Å². The van der Waals surface area contributed by atoms with Crippen molar-refractivity contribution in [2.75, 3.05) is 7.11 Å². The standard InChI is InChI=1S/C12H9BrFNO2/c1-16-9-3-2-4-10(6-9)17-12-11(14)5-8(13)7-15-12/h2-7H,1H3. The minimum Gasteiger partial charge on any atom is -0.497 e. The van der Waals surface area contributed by atoms with E-state index < -0.39 is 5.82 Å².